The first-order valence-corrected chi connectivity index (χ1v) is 12.3. The Morgan fingerprint density at radius 3 is 2.45 bits per heavy atom. The van der Waals surface area contributed by atoms with Crippen molar-refractivity contribution in [1.82, 2.24) is 4.31 Å². The van der Waals surface area contributed by atoms with Crippen LogP contribution in [0.3, 0.4) is 0 Å². The Morgan fingerprint density at radius 1 is 1.03 bits per heavy atom. The Kier molecular flexibility index (Phi) is 6.18. The summed E-state index contributed by atoms with van der Waals surface area (Å²) >= 11 is 13.5. The van der Waals surface area contributed by atoms with E-state index in [9.17, 15) is 18.0 Å². The summed E-state index contributed by atoms with van der Waals surface area (Å²) in [4.78, 5) is 27.5. The number of carbonyl (C=O) groups is 2. The van der Waals surface area contributed by atoms with Crippen LogP contribution in [-0.2, 0) is 26.2 Å². The molecule has 0 spiro atoms. The van der Waals surface area contributed by atoms with Crippen molar-refractivity contribution in [2.45, 2.75) is 23.9 Å². The number of amides is 2. The minimum Gasteiger partial charge on any atom is -0.274 e. The number of hydrogen-bond donors (Lipinski definition) is 0. The van der Waals surface area contributed by atoms with E-state index in [1.54, 1.807) is 42.5 Å². The number of thiophene rings is 1. The molecule has 0 saturated carbocycles. The molecule has 0 radical (unpaired) electrons. The normalized spacial score (nSPS) is 17.0. The topological polar surface area (TPSA) is 74.8 Å². The van der Waals surface area contributed by atoms with Crippen LogP contribution in [-0.4, -0.2) is 30.6 Å². The smallest absolute Gasteiger partial charge is 0.252 e. The molecular weight excluding hydrogens is 479 g/mol. The van der Waals surface area contributed by atoms with E-state index in [0.29, 0.717) is 5.69 Å². The third-order valence-electron chi connectivity index (χ3n) is 4.86. The van der Waals surface area contributed by atoms with Gasteiger partial charge in [-0.2, -0.15) is 4.31 Å². The average Bonchev–Trinajstić information content (AvgIpc) is 3.36. The van der Waals surface area contributed by atoms with Crippen molar-refractivity contribution in [3.63, 3.8) is 0 Å². The summed E-state index contributed by atoms with van der Waals surface area (Å²) in [6.07, 6.45) is -0.267. The highest BCUT2D eigenvalue weighted by Crippen LogP contribution is 2.34. The zero-order valence-corrected chi connectivity index (χ0v) is 19.1. The van der Waals surface area contributed by atoms with Crippen molar-refractivity contribution in [3.05, 3.63) is 81.0 Å². The molecule has 0 N–H and O–H groups in total. The van der Waals surface area contributed by atoms with Crippen molar-refractivity contribution in [3.8, 4) is 0 Å². The van der Waals surface area contributed by atoms with E-state index in [2.05, 4.69) is 0 Å². The number of anilines is 1. The lowest BCUT2D eigenvalue weighted by Crippen LogP contribution is -2.45. The molecule has 2 amide bonds. The molecule has 1 fully saturated rings. The summed E-state index contributed by atoms with van der Waals surface area (Å²) in [6, 6.07) is 14.9. The second-order valence-electron chi connectivity index (χ2n) is 6.83. The van der Waals surface area contributed by atoms with Crippen LogP contribution in [0.2, 0.25) is 10.0 Å². The van der Waals surface area contributed by atoms with Gasteiger partial charge < -0.3 is 0 Å². The molecule has 1 saturated heterocycles. The van der Waals surface area contributed by atoms with Gasteiger partial charge in [0.05, 0.1) is 17.1 Å². The monoisotopic (exact) mass is 494 g/mol. The molecule has 10 heteroatoms. The SMILES string of the molecule is O=C1CC(N(Cc2cccs2)S(=O)(=O)c2cc(Cl)ccc2Cl)C(=O)N1c1ccccc1. The molecule has 1 aliphatic heterocycles. The standard InChI is InChI=1S/C21H16Cl2N2O4S2/c22-14-8-9-17(23)19(11-14)31(28,29)24(13-16-7-4-10-30-16)18-12-20(26)25(21(18)27)15-5-2-1-3-6-15/h1-11,18H,12-13H2. The molecule has 3 aromatic rings. The molecule has 0 bridgehead atoms. The zero-order chi connectivity index (χ0) is 22.2. The van der Waals surface area contributed by atoms with Crippen molar-refractivity contribution >= 4 is 62.1 Å². The van der Waals surface area contributed by atoms with Crippen molar-refractivity contribution in [1.29, 1.82) is 0 Å². The number of carbonyl (C=O) groups excluding carboxylic acids is 2. The number of halogens is 2. The Bertz CT molecular complexity index is 1230. The molecule has 160 valence electrons. The number of rotatable bonds is 6. The summed E-state index contributed by atoms with van der Waals surface area (Å²) in [5.41, 5.74) is 0.397. The highest BCUT2D eigenvalue weighted by Gasteiger charge is 2.47. The Labute approximate surface area is 193 Å². The lowest BCUT2D eigenvalue weighted by molar-refractivity contribution is -0.122. The number of sulfonamides is 1. The summed E-state index contributed by atoms with van der Waals surface area (Å²) in [7, 11) is -4.25. The van der Waals surface area contributed by atoms with Gasteiger partial charge >= 0.3 is 0 Å². The number of nitrogens with zero attached hydrogens (tertiary/aromatic N) is 2. The maximum absolute atomic E-state index is 13.6. The van der Waals surface area contributed by atoms with Gasteiger partial charge in [-0.15, -0.1) is 11.3 Å². The minimum atomic E-state index is -4.25. The molecular formula is C21H16Cl2N2O4S2. The molecule has 2 aromatic carbocycles. The van der Waals surface area contributed by atoms with Gasteiger partial charge in [0.25, 0.3) is 5.91 Å². The van der Waals surface area contributed by atoms with E-state index >= 15 is 0 Å². The minimum absolute atomic E-state index is 0.0164. The zero-order valence-electron chi connectivity index (χ0n) is 15.9. The lowest BCUT2D eigenvalue weighted by atomic mass is 10.2. The average molecular weight is 495 g/mol. The van der Waals surface area contributed by atoms with Crippen LogP contribution in [0.5, 0.6) is 0 Å². The van der Waals surface area contributed by atoms with E-state index in [-0.39, 0.29) is 27.9 Å². The van der Waals surface area contributed by atoms with Gasteiger partial charge in [-0.3, -0.25) is 9.59 Å². The van der Waals surface area contributed by atoms with Crippen LogP contribution in [0.25, 0.3) is 0 Å². The van der Waals surface area contributed by atoms with Gasteiger partial charge in [0.2, 0.25) is 15.9 Å². The van der Waals surface area contributed by atoms with Gasteiger partial charge in [-0.05, 0) is 41.8 Å². The molecule has 1 unspecified atom stereocenters. The van der Waals surface area contributed by atoms with Gasteiger partial charge in [0.1, 0.15) is 10.9 Å². The molecule has 1 aliphatic rings. The van der Waals surface area contributed by atoms with Crippen molar-refractivity contribution < 1.29 is 18.0 Å². The number of imide groups is 1. The molecule has 0 aliphatic carbocycles. The molecule has 1 atom stereocenters. The predicted octanol–water partition coefficient (Wildman–Crippen LogP) is 4.58. The summed E-state index contributed by atoms with van der Waals surface area (Å²) in [5.74, 6) is -1.07. The van der Waals surface area contributed by atoms with Crippen LogP contribution in [0.4, 0.5) is 5.69 Å². The molecule has 2 heterocycles. The third-order valence-corrected chi connectivity index (χ3v) is 8.29. The van der Waals surface area contributed by atoms with Gasteiger partial charge in [0.15, 0.2) is 0 Å². The highest BCUT2D eigenvalue weighted by molar-refractivity contribution is 7.89. The molecule has 4 rings (SSSR count). The highest BCUT2D eigenvalue weighted by atomic mass is 35.5. The van der Waals surface area contributed by atoms with E-state index in [1.165, 1.54) is 29.5 Å². The largest absolute Gasteiger partial charge is 0.274 e. The number of para-hydroxylation sites is 1. The van der Waals surface area contributed by atoms with E-state index in [1.807, 2.05) is 5.38 Å². The van der Waals surface area contributed by atoms with E-state index in [0.717, 1.165) is 14.1 Å². The fraction of sp³-hybridized carbons (Fsp3) is 0.143. The summed E-state index contributed by atoms with van der Waals surface area (Å²) in [5, 5.41) is 1.99. The Hall–Kier alpha value is -2.23. The van der Waals surface area contributed by atoms with E-state index in [4.69, 9.17) is 23.2 Å². The van der Waals surface area contributed by atoms with Crippen LogP contribution in [0.1, 0.15) is 11.3 Å². The fourth-order valence-corrected chi connectivity index (χ4v) is 6.49. The fourth-order valence-electron chi connectivity index (χ4n) is 3.41. The molecule has 31 heavy (non-hydrogen) atoms. The first-order valence-electron chi connectivity index (χ1n) is 9.20. The first kappa shape index (κ1) is 22.0. The van der Waals surface area contributed by atoms with Crippen molar-refractivity contribution in [2.24, 2.45) is 0 Å². The van der Waals surface area contributed by atoms with E-state index < -0.39 is 27.9 Å². The lowest BCUT2D eigenvalue weighted by Gasteiger charge is -2.27. The van der Waals surface area contributed by atoms with Gasteiger partial charge in [-0.1, -0.05) is 47.5 Å². The summed E-state index contributed by atoms with van der Waals surface area (Å²) < 4.78 is 28.3. The Morgan fingerprint density at radius 2 is 1.77 bits per heavy atom. The Balaban J connectivity index is 1.78. The second kappa shape index (κ2) is 8.72. The van der Waals surface area contributed by atoms with Crippen LogP contribution >= 0.6 is 34.5 Å². The van der Waals surface area contributed by atoms with Gasteiger partial charge in [-0.25, -0.2) is 13.3 Å². The number of benzene rings is 2. The van der Waals surface area contributed by atoms with Crippen molar-refractivity contribution in [2.75, 3.05) is 4.90 Å². The maximum Gasteiger partial charge on any atom is 0.252 e. The third kappa shape index (κ3) is 4.26. The molecule has 1 aromatic heterocycles. The van der Waals surface area contributed by atoms with Crippen LogP contribution < -0.4 is 4.90 Å². The van der Waals surface area contributed by atoms with Crippen LogP contribution in [0.15, 0.2) is 70.9 Å². The van der Waals surface area contributed by atoms with Gasteiger partial charge in [0, 0.05) is 16.4 Å². The second-order valence-corrected chi connectivity index (χ2v) is 10.6. The number of hydrogen-bond acceptors (Lipinski definition) is 5. The summed E-state index contributed by atoms with van der Waals surface area (Å²) in [6.45, 7) is -0.0742. The van der Waals surface area contributed by atoms with Crippen LogP contribution in [0, 0.1) is 0 Å². The quantitative estimate of drug-likeness (QED) is 0.470. The first-order chi connectivity index (χ1) is 14.8. The maximum atomic E-state index is 13.6. The predicted molar refractivity (Wildman–Crippen MR) is 121 cm³/mol. The molecule has 6 nitrogen and oxygen atoms in total.